The quantitative estimate of drug-likeness (QED) is 0.622. The van der Waals surface area contributed by atoms with Crippen molar-refractivity contribution >= 4 is 17.4 Å². The van der Waals surface area contributed by atoms with E-state index in [1.165, 1.54) is 10.7 Å². The predicted octanol–water partition coefficient (Wildman–Crippen LogP) is -1.02. The van der Waals surface area contributed by atoms with E-state index >= 15 is 0 Å². The monoisotopic (exact) mass is 191 g/mol. The molecule has 6 heteroatoms. The SMILES string of the molecule is Cc1cc2ncc(C(=O)[O-])c(N)n2n1. The van der Waals surface area contributed by atoms with Crippen molar-refractivity contribution in [3.8, 4) is 0 Å². The van der Waals surface area contributed by atoms with Crippen LogP contribution < -0.4 is 10.8 Å². The molecule has 0 fully saturated rings. The van der Waals surface area contributed by atoms with Crippen LogP contribution in [0.2, 0.25) is 0 Å². The van der Waals surface area contributed by atoms with Gasteiger partial charge < -0.3 is 15.6 Å². The summed E-state index contributed by atoms with van der Waals surface area (Å²) in [4.78, 5) is 14.5. The standard InChI is InChI=1S/C8H8N4O2/c1-4-2-6-10-3-5(8(13)14)7(9)12(6)11-4/h2-3H,9H2,1H3,(H,13,14)/p-1. The lowest BCUT2D eigenvalue weighted by Gasteiger charge is -2.06. The molecule has 0 spiro atoms. The van der Waals surface area contributed by atoms with Crippen LogP contribution in [0.15, 0.2) is 12.3 Å². The number of fused-ring (bicyclic) bond motifs is 1. The Morgan fingerprint density at radius 2 is 2.36 bits per heavy atom. The molecule has 0 saturated heterocycles. The van der Waals surface area contributed by atoms with Gasteiger partial charge in [-0.25, -0.2) is 4.98 Å². The molecule has 2 heterocycles. The third kappa shape index (κ3) is 1.08. The molecule has 2 aromatic heterocycles. The summed E-state index contributed by atoms with van der Waals surface area (Å²) in [5, 5.41) is 14.6. The minimum atomic E-state index is -1.36. The molecule has 0 aliphatic carbocycles. The molecule has 0 atom stereocenters. The highest BCUT2D eigenvalue weighted by molar-refractivity contribution is 5.91. The largest absolute Gasteiger partial charge is 0.545 e. The Balaban J connectivity index is 2.80. The van der Waals surface area contributed by atoms with Gasteiger partial charge in [0, 0.05) is 12.3 Å². The Hall–Kier alpha value is -2.11. The number of aryl methyl sites for hydroxylation is 1. The van der Waals surface area contributed by atoms with Crippen molar-refractivity contribution in [3.63, 3.8) is 0 Å². The molecule has 0 unspecified atom stereocenters. The molecule has 0 bridgehead atoms. The normalized spacial score (nSPS) is 10.6. The van der Waals surface area contributed by atoms with Gasteiger partial charge in [0.15, 0.2) is 5.65 Å². The molecule has 0 aliphatic heterocycles. The van der Waals surface area contributed by atoms with E-state index in [4.69, 9.17) is 5.73 Å². The fourth-order valence-electron chi connectivity index (χ4n) is 1.22. The van der Waals surface area contributed by atoms with Gasteiger partial charge in [0.25, 0.3) is 0 Å². The Bertz CT molecular complexity index is 517. The van der Waals surface area contributed by atoms with Gasteiger partial charge in [-0.3, -0.25) is 0 Å². The highest BCUT2D eigenvalue weighted by Crippen LogP contribution is 2.12. The summed E-state index contributed by atoms with van der Waals surface area (Å²) in [5.74, 6) is -1.33. The third-order valence-corrected chi connectivity index (χ3v) is 1.86. The summed E-state index contributed by atoms with van der Waals surface area (Å²) in [7, 11) is 0. The maximum Gasteiger partial charge on any atom is 0.157 e. The molecule has 0 aliphatic rings. The number of carboxylic acid groups (broad SMARTS) is 1. The van der Waals surface area contributed by atoms with Crippen LogP contribution in [0.5, 0.6) is 0 Å². The summed E-state index contributed by atoms with van der Waals surface area (Å²) in [6.07, 6.45) is 1.17. The molecular weight excluding hydrogens is 184 g/mol. The zero-order chi connectivity index (χ0) is 10.3. The average Bonchev–Trinajstić information content (AvgIpc) is 2.46. The minimum Gasteiger partial charge on any atom is -0.545 e. The molecule has 72 valence electrons. The maximum atomic E-state index is 10.6. The molecule has 2 N–H and O–H groups in total. The van der Waals surface area contributed by atoms with Gasteiger partial charge in [-0.1, -0.05) is 0 Å². The molecule has 0 amide bonds. The first-order chi connectivity index (χ1) is 6.59. The summed E-state index contributed by atoms with van der Waals surface area (Å²) >= 11 is 0. The summed E-state index contributed by atoms with van der Waals surface area (Å²) in [5.41, 5.74) is 6.66. The van der Waals surface area contributed by atoms with Gasteiger partial charge in [-0.2, -0.15) is 9.61 Å². The van der Waals surface area contributed by atoms with Crippen molar-refractivity contribution in [2.24, 2.45) is 0 Å². The number of hydrogen-bond acceptors (Lipinski definition) is 5. The van der Waals surface area contributed by atoms with E-state index < -0.39 is 5.97 Å². The van der Waals surface area contributed by atoms with Crippen molar-refractivity contribution in [1.29, 1.82) is 0 Å². The van der Waals surface area contributed by atoms with Crippen molar-refractivity contribution in [2.45, 2.75) is 6.92 Å². The smallest absolute Gasteiger partial charge is 0.157 e. The lowest BCUT2D eigenvalue weighted by atomic mass is 10.3. The fourth-order valence-corrected chi connectivity index (χ4v) is 1.22. The average molecular weight is 191 g/mol. The van der Waals surface area contributed by atoms with E-state index in [-0.39, 0.29) is 11.4 Å². The van der Waals surface area contributed by atoms with E-state index in [0.29, 0.717) is 5.65 Å². The van der Waals surface area contributed by atoms with E-state index in [9.17, 15) is 9.90 Å². The number of carbonyl (C=O) groups is 1. The second-order valence-corrected chi connectivity index (χ2v) is 2.90. The summed E-state index contributed by atoms with van der Waals surface area (Å²) in [6.45, 7) is 1.77. The number of carboxylic acids is 1. The summed E-state index contributed by atoms with van der Waals surface area (Å²) < 4.78 is 1.28. The Labute approximate surface area is 79.0 Å². The van der Waals surface area contributed by atoms with Gasteiger partial charge >= 0.3 is 0 Å². The van der Waals surface area contributed by atoms with Gasteiger partial charge in [0.1, 0.15) is 5.82 Å². The van der Waals surface area contributed by atoms with Crippen LogP contribution in [-0.4, -0.2) is 20.6 Å². The topological polar surface area (TPSA) is 96.3 Å². The lowest BCUT2D eigenvalue weighted by molar-refractivity contribution is -0.255. The van der Waals surface area contributed by atoms with Crippen LogP contribution in [0.25, 0.3) is 5.65 Å². The number of hydrogen-bond donors (Lipinski definition) is 1. The van der Waals surface area contributed by atoms with Crippen molar-refractivity contribution < 1.29 is 9.90 Å². The number of nitrogens with zero attached hydrogens (tertiary/aromatic N) is 3. The van der Waals surface area contributed by atoms with E-state index in [0.717, 1.165) is 5.69 Å². The Morgan fingerprint density at radius 1 is 1.64 bits per heavy atom. The molecule has 14 heavy (non-hydrogen) atoms. The number of aromatic carboxylic acids is 1. The van der Waals surface area contributed by atoms with Crippen molar-refractivity contribution in [1.82, 2.24) is 14.6 Å². The highest BCUT2D eigenvalue weighted by atomic mass is 16.4. The molecule has 0 radical (unpaired) electrons. The van der Waals surface area contributed by atoms with Crippen LogP contribution in [0.3, 0.4) is 0 Å². The molecule has 2 rings (SSSR count). The molecule has 0 saturated carbocycles. The second-order valence-electron chi connectivity index (χ2n) is 2.90. The zero-order valence-corrected chi connectivity index (χ0v) is 7.39. The first-order valence-corrected chi connectivity index (χ1v) is 3.92. The molecule has 6 nitrogen and oxygen atoms in total. The van der Waals surface area contributed by atoms with Crippen molar-refractivity contribution in [3.05, 3.63) is 23.5 Å². The number of rotatable bonds is 1. The lowest BCUT2D eigenvalue weighted by Crippen LogP contribution is -2.25. The van der Waals surface area contributed by atoms with E-state index in [2.05, 4.69) is 10.1 Å². The van der Waals surface area contributed by atoms with Crippen LogP contribution in [0.1, 0.15) is 16.1 Å². The molecule has 0 aromatic carbocycles. The third-order valence-electron chi connectivity index (χ3n) is 1.86. The summed E-state index contributed by atoms with van der Waals surface area (Å²) in [6, 6.07) is 1.70. The van der Waals surface area contributed by atoms with Crippen LogP contribution in [-0.2, 0) is 0 Å². The highest BCUT2D eigenvalue weighted by Gasteiger charge is 2.07. The Kier molecular flexibility index (Phi) is 1.63. The van der Waals surface area contributed by atoms with Crippen LogP contribution in [0, 0.1) is 6.92 Å². The first kappa shape index (κ1) is 8.49. The van der Waals surface area contributed by atoms with E-state index in [1.807, 2.05) is 0 Å². The predicted molar refractivity (Wildman–Crippen MR) is 46.5 cm³/mol. The van der Waals surface area contributed by atoms with Gasteiger partial charge in [-0.05, 0) is 6.92 Å². The molecule has 2 aromatic rings. The number of anilines is 1. The number of carbonyl (C=O) groups excluding carboxylic acids is 1. The fraction of sp³-hybridized carbons (Fsp3) is 0.125. The number of nitrogens with two attached hydrogens (primary N) is 1. The van der Waals surface area contributed by atoms with Crippen LogP contribution >= 0.6 is 0 Å². The maximum absolute atomic E-state index is 10.6. The van der Waals surface area contributed by atoms with E-state index in [1.54, 1.807) is 13.0 Å². The van der Waals surface area contributed by atoms with Gasteiger partial charge in [0.05, 0.1) is 17.2 Å². The Morgan fingerprint density at radius 3 is 3.00 bits per heavy atom. The molecular formula is C8H7N4O2-. The van der Waals surface area contributed by atoms with Crippen LogP contribution in [0.4, 0.5) is 5.82 Å². The van der Waals surface area contributed by atoms with Gasteiger partial charge in [-0.15, -0.1) is 0 Å². The zero-order valence-electron chi connectivity index (χ0n) is 7.39. The van der Waals surface area contributed by atoms with Crippen molar-refractivity contribution in [2.75, 3.05) is 5.73 Å². The minimum absolute atomic E-state index is 0.0306. The number of aromatic nitrogens is 3. The number of nitrogen functional groups attached to an aromatic ring is 1. The first-order valence-electron chi connectivity index (χ1n) is 3.92. The second kappa shape index (κ2) is 2.69. The van der Waals surface area contributed by atoms with Gasteiger partial charge in [0.2, 0.25) is 0 Å².